The van der Waals surface area contributed by atoms with Gasteiger partial charge in [0.2, 0.25) is 0 Å². The fourth-order valence-electron chi connectivity index (χ4n) is 11.1. The molecule has 0 saturated heterocycles. The predicted octanol–water partition coefficient (Wildman–Crippen LogP) is 18.0. The van der Waals surface area contributed by atoms with Crippen LogP contribution in [0, 0.1) is 22.7 Å². The summed E-state index contributed by atoms with van der Waals surface area (Å²) in [6.45, 7) is 0. The Morgan fingerprint density at radius 1 is 0.341 bits per heavy atom. The molecule has 0 spiro atoms. The van der Waals surface area contributed by atoms with Crippen LogP contribution in [0.15, 0.2) is 277 Å². The second-order valence-electron chi connectivity index (χ2n) is 19.9. The van der Waals surface area contributed by atoms with Crippen molar-refractivity contribution >= 4 is 101 Å². The van der Waals surface area contributed by atoms with Crippen molar-refractivity contribution in [3.63, 3.8) is 0 Å². The maximum absolute atomic E-state index is 10.7. The van der Waals surface area contributed by atoms with Crippen LogP contribution >= 0.6 is 0 Å². The molecule has 10 heteroatoms. The number of aliphatic imine (C=N–C) groups is 2. The molecule has 384 valence electrons. The number of benzene rings is 10. The van der Waals surface area contributed by atoms with Gasteiger partial charge in [0.15, 0.2) is 11.6 Å². The zero-order chi connectivity index (χ0) is 54.9. The summed E-state index contributed by atoms with van der Waals surface area (Å²) in [6, 6.07) is 90.4. The van der Waals surface area contributed by atoms with E-state index in [1.165, 1.54) is 21.5 Å². The number of nitriles is 2. The van der Waals surface area contributed by atoms with Gasteiger partial charge in [0.05, 0.1) is 11.1 Å². The quantitative estimate of drug-likeness (QED) is 0.0914. The zero-order valence-electron chi connectivity index (χ0n) is 44.0. The highest BCUT2D eigenvalue weighted by molar-refractivity contribution is 6.27. The minimum atomic E-state index is 0.286. The molecule has 0 unspecified atom stereocenters. The Hall–Kier alpha value is -11.7. The van der Waals surface area contributed by atoms with Crippen molar-refractivity contribution in [2.75, 3.05) is 20.4 Å². The third-order valence-electron chi connectivity index (χ3n) is 15.0. The summed E-state index contributed by atoms with van der Waals surface area (Å²) in [5.74, 6) is 2.83. The molecule has 4 heterocycles. The van der Waals surface area contributed by atoms with E-state index < -0.39 is 0 Å². The van der Waals surface area contributed by atoms with Crippen molar-refractivity contribution in [1.82, 2.24) is 9.97 Å². The van der Waals surface area contributed by atoms with Crippen LogP contribution in [0.3, 0.4) is 0 Å². The molecule has 0 radical (unpaired) electrons. The van der Waals surface area contributed by atoms with Gasteiger partial charge in [-0.2, -0.15) is 10.5 Å². The highest BCUT2D eigenvalue weighted by Gasteiger charge is 2.22. The van der Waals surface area contributed by atoms with Crippen LogP contribution in [-0.2, 0) is 0 Å². The number of para-hydroxylation sites is 2. The van der Waals surface area contributed by atoms with E-state index in [1.807, 2.05) is 122 Å². The Morgan fingerprint density at radius 2 is 0.683 bits per heavy atom. The van der Waals surface area contributed by atoms with Gasteiger partial charge < -0.3 is 20.4 Å². The van der Waals surface area contributed by atoms with Crippen molar-refractivity contribution in [2.24, 2.45) is 9.98 Å². The monoisotopic (exact) mass is 1050 g/mol. The molecule has 10 nitrogen and oxygen atoms in total. The van der Waals surface area contributed by atoms with Gasteiger partial charge in [-0.1, -0.05) is 146 Å². The Bertz CT molecular complexity index is 4270. The molecule has 12 aromatic rings. The molecule has 82 heavy (non-hydrogen) atoms. The van der Waals surface area contributed by atoms with E-state index in [9.17, 15) is 10.5 Å². The molecule has 2 aliphatic rings. The number of rotatable bonds is 12. The Morgan fingerprint density at radius 3 is 1.04 bits per heavy atom. The first-order valence-electron chi connectivity index (χ1n) is 26.9. The van der Waals surface area contributed by atoms with E-state index >= 15 is 0 Å². The van der Waals surface area contributed by atoms with Gasteiger partial charge in [0, 0.05) is 90.9 Å². The topological polar surface area (TPSA) is 129 Å². The molecule has 0 saturated carbocycles. The van der Waals surface area contributed by atoms with Gasteiger partial charge in [0.1, 0.15) is 23.8 Å². The van der Waals surface area contributed by atoms with Crippen molar-refractivity contribution in [1.29, 1.82) is 10.5 Å². The smallest absolute Gasteiger partial charge is 0.154 e. The molecule has 2 aliphatic heterocycles. The third-order valence-corrected chi connectivity index (χ3v) is 15.0. The number of hydrogen-bond donors (Lipinski definition) is 2. The van der Waals surface area contributed by atoms with Crippen molar-refractivity contribution in [2.45, 2.75) is 0 Å². The molecule has 14 rings (SSSR count). The highest BCUT2D eigenvalue weighted by Crippen LogP contribution is 2.41. The number of nitrogens with one attached hydrogen (secondary N) is 2. The van der Waals surface area contributed by atoms with Crippen LogP contribution in [0.5, 0.6) is 0 Å². The summed E-state index contributed by atoms with van der Waals surface area (Å²) in [5.41, 5.74) is 15.7. The minimum Gasteiger partial charge on any atom is -0.339 e. The Labute approximate surface area is 473 Å². The van der Waals surface area contributed by atoms with Crippen LogP contribution in [-0.4, -0.2) is 21.6 Å². The first kappa shape index (κ1) is 48.6. The summed E-state index contributed by atoms with van der Waals surface area (Å²) in [5, 5.41) is 33.1. The normalized spacial score (nSPS) is 13.3. The predicted molar refractivity (Wildman–Crippen MR) is 334 cm³/mol. The molecule has 0 atom stereocenters. The second-order valence-corrected chi connectivity index (χ2v) is 19.9. The van der Waals surface area contributed by atoms with E-state index in [4.69, 9.17) is 20.0 Å². The van der Waals surface area contributed by atoms with Crippen LogP contribution in [0.25, 0.3) is 54.9 Å². The summed E-state index contributed by atoms with van der Waals surface area (Å²) in [4.78, 5) is 23.6. The lowest BCUT2D eigenvalue weighted by atomic mass is 9.95. The maximum Gasteiger partial charge on any atom is 0.154 e. The van der Waals surface area contributed by atoms with E-state index in [0.29, 0.717) is 22.8 Å². The first-order valence-corrected chi connectivity index (χ1v) is 26.9. The number of amidine groups is 2. The number of allylic oxidation sites excluding steroid dienone is 2. The van der Waals surface area contributed by atoms with Crippen molar-refractivity contribution in [3.8, 4) is 34.4 Å². The van der Waals surface area contributed by atoms with Crippen LogP contribution in [0.4, 0.5) is 57.1 Å². The molecule has 0 amide bonds. The number of hydrogen-bond acceptors (Lipinski definition) is 8. The van der Waals surface area contributed by atoms with Crippen LogP contribution in [0.2, 0.25) is 0 Å². The standard InChI is InChI=1S/C72H46N10/c73-43-63(49-27-37-59(38-28-49)81(55-15-3-1-4-16-55)57-33-23-47(24-34-57)53-31-41-67(75-45-53)79-71-61-19-7-11-51-13-9-21-65(77-71)69(51)61)64(44-74)50-29-39-60(40-30-50)82(56-17-5-2-6-18-56)58-35-25-48(26-36-58)54-32-42-68(76-46-54)80-72-62-20-8-12-52-14-10-22-66(78-72)70(52)62/h1-42,45-46H,(H,75,77,79)(H,76,78,80)/b64-63+. The number of nitrogens with zero attached hydrogens (tertiary/aromatic N) is 8. The fourth-order valence-corrected chi connectivity index (χ4v) is 11.1. The Kier molecular flexibility index (Phi) is 12.4. The average Bonchev–Trinajstić information content (AvgIpc) is 4.32. The molecule has 0 bridgehead atoms. The summed E-state index contributed by atoms with van der Waals surface area (Å²) in [6.07, 6.45) is 3.72. The van der Waals surface area contributed by atoms with Gasteiger partial charge in [-0.15, -0.1) is 0 Å². The minimum absolute atomic E-state index is 0.286. The van der Waals surface area contributed by atoms with Gasteiger partial charge in [0.25, 0.3) is 0 Å². The zero-order valence-corrected chi connectivity index (χ0v) is 44.0. The lowest BCUT2D eigenvalue weighted by molar-refractivity contribution is 1.27. The summed E-state index contributed by atoms with van der Waals surface area (Å²) < 4.78 is 0. The number of aromatic nitrogens is 2. The molecule has 2 aromatic heterocycles. The van der Waals surface area contributed by atoms with Crippen LogP contribution < -0.4 is 20.4 Å². The molecule has 10 aromatic carbocycles. The van der Waals surface area contributed by atoms with Crippen molar-refractivity contribution < 1.29 is 0 Å². The molecular weight excluding hydrogens is 1000 g/mol. The highest BCUT2D eigenvalue weighted by atomic mass is 15.1. The lowest BCUT2D eigenvalue weighted by Gasteiger charge is -2.26. The third kappa shape index (κ3) is 9.10. The van der Waals surface area contributed by atoms with E-state index in [1.54, 1.807) is 0 Å². The number of pyridine rings is 2. The molecule has 2 N–H and O–H groups in total. The maximum atomic E-state index is 10.7. The molecular formula is C72H46N10. The molecule has 0 fully saturated rings. The first-order chi connectivity index (χ1) is 40.5. The van der Waals surface area contributed by atoms with Gasteiger partial charge >= 0.3 is 0 Å². The van der Waals surface area contributed by atoms with Gasteiger partial charge in [-0.3, -0.25) is 0 Å². The summed E-state index contributed by atoms with van der Waals surface area (Å²) >= 11 is 0. The lowest BCUT2D eigenvalue weighted by Crippen LogP contribution is -2.10. The van der Waals surface area contributed by atoms with Gasteiger partial charge in [-0.25, -0.2) is 20.0 Å². The SMILES string of the molecule is N#C/C(=C(/C#N)c1ccc(N(c2ccccc2)c2ccc(-c3ccc(N=C4Nc5cccc6cccc4c56)nc3)cc2)cc1)c1ccc(N(c2ccccc2)c2ccc(-c3ccc(N=C4Nc5cccc6cccc4c56)nc3)cc2)cc1. The number of anilines is 8. The fraction of sp³-hybridized carbons (Fsp3) is 0. The van der Waals surface area contributed by atoms with E-state index in [0.717, 1.165) is 90.6 Å². The Balaban J connectivity index is 0.694. The largest absolute Gasteiger partial charge is 0.339 e. The van der Waals surface area contributed by atoms with Crippen LogP contribution in [0.1, 0.15) is 22.3 Å². The molecule has 0 aliphatic carbocycles. The average molecular weight is 1050 g/mol. The summed E-state index contributed by atoms with van der Waals surface area (Å²) in [7, 11) is 0. The van der Waals surface area contributed by atoms with Gasteiger partial charge in [-0.05, 0) is 142 Å². The van der Waals surface area contributed by atoms with E-state index in [2.05, 4.69) is 178 Å². The van der Waals surface area contributed by atoms with Crippen molar-refractivity contribution in [3.05, 3.63) is 289 Å². The second kappa shape index (κ2) is 20.9. The van der Waals surface area contributed by atoms with E-state index in [-0.39, 0.29) is 11.1 Å².